The van der Waals surface area contributed by atoms with Gasteiger partial charge < -0.3 is 14.4 Å². The van der Waals surface area contributed by atoms with Crippen LogP contribution in [0, 0.1) is 5.82 Å². The average Bonchev–Trinajstić information content (AvgIpc) is 2.29. The predicted octanol–water partition coefficient (Wildman–Crippen LogP) is 0.982. The molecule has 1 rings (SSSR count). The minimum Gasteiger partial charge on any atom is -0.437 e. The van der Waals surface area contributed by atoms with Crippen LogP contribution in [-0.2, 0) is 4.74 Å². The molecule has 0 fully saturated rings. The topological polar surface area (TPSA) is 76.9 Å². The van der Waals surface area contributed by atoms with Crippen LogP contribution in [-0.4, -0.2) is 48.6 Å². The second-order valence-electron chi connectivity index (χ2n) is 3.09. The third kappa shape index (κ3) is 4.01. The molecule has 0 amide bonds. The van der Waals surface area contributed by atoms with Crippen molar-refractivity contribution in [3.8, 4) is 6.01 Å². The fraction of sp³-hybridized carbons (Fsp3) is 0.333. The van der Waals surface area contributed by atoms with Crippen LogP contribution in [0.15, 0.2) is 11.2 Å². The summed E-state index contributed by atoms with van der Waals surface area (Å²) in [4.78, 5) is 23.2. The Hall–Kier alpha value is -2.25. The van der Waals surface area contributed by atoms with Crippen LogP contribution in [0.2, 0.25) is 0 Å². The highest BCUT2D eigenvalue weighted by Gasteiger charge is 2.10. The van der Waals surface area contributed by atoms with E-state index >= 15 is 0 Å². The van der Waals surface area contributed by atoms with Gasteiger partial charge in [-0.05, 0) is 0 Å². The maximum absolute atomic E-state index is 13.2. The van der Waals surface area contributed by atoms with Gasteiger partial charge in [-0.3, -0.25) is 0 Å². The third-order valence-corrected chi connectivity index (χ3v) is 1.46. The molecule has 8 heteroatoms. The minimum atomic E-state index is -0.987. The monoisotopic (exact) mass is 242 g/mol. The van der Waals surface area contributed by atoms with Gasteiger partial charge in [0.05, 0.1) is 19.6 Å². The normalized spacial score (nSPS) is 10.4. The van der Waals surface area contributed by atoms with Gasteiger partial charge in [-0.15, -0.1) is 0 Å². The molecular formula is C9H11FN4O3. The molecule has 1 heterocycles. The van der Waals surface area contributed by atoms with Gasteiger partial charge in [-0.2, -0.15) is 4.98 Å². The number of halogens is 1. The molecule has 17 heavy (non-hydrogen) atoms. The smallest absolute Gasteiger partial charge is 0.437 e. The second-order valence-corrected chi connectivity index (χ2v) is 3.09. The number of ether oxygens (including phenoxy) is 2. The molecule has 0 N–H and O–H groups in total. The maximum Gasteiger partial charge on any atom is 0.516 e. The Kier molecular flexibility index (Phi) is 4.32. The van der Waals surface area contributed by atoms with E-state index in [9.17, 15) is 9.18 Å². The van der Waals surface area contributed by atoms with Gasteiger partial charge >= 0.3 is 12.2 Å². The van der Waals surface area contributed by atoms with Crippen LogP contribution < -0.4 is 4.74 Å². The predicted molar refractivity (Wildman–Crippen MR) is 56.9 cm³/mol. The lowest BCUT2D eigenvalue weighted by Gasteiger charge is -2.03. The lowest BCUT2D eigenvalue weighted by Crippen LogP contribution is -2.10. The summed E-state index contributed by atoms with van der Waals surface area (Å²) in [5, 5.41) is 0. The summed E-state index contributed by atoms with van der Waals surface area (Å²) < 4.78 is 22.0. The average molecular weight is 242 g/mol. The van der Waals surface area contributed by atoms with Gasteiger partial charge in [0.25, 0.3) is 0 Å². The fourth-order valence-corrected chi connectivity index (χ4v) is 0.769. The quantitative estimate of drug-likeness (QED) is 0.446. The molecule has 0 atom stereocenters. The van der Waals surface area contributed by atoms with Crippen molar-refractivity contribution in [2.24, 2.45) is 4.99 Å². The number of aromatic nitrogens is 2. The summed E-state index contributed by atoms with van der Waals surface area (Å²) in [5.74, 6) is -0.951. The summed E-state index contributed by atoms with van der Waals surface area (Å²) in [6.45, 7) is 0. The summed E-state index contributed by atoms with van der Waals surface area (Å²) in [5.41, 5.74) is 0. The van der Waals surface area contributed by atoms with E-state index in [1.807, 2.05) is 0 Å². The number of hydrogen-bond donors (Lipinski definition) is 0. The van der Waals surface area contributed by atoms with E-state index in [-0.39, 0.29) is 11.8 Å². The summed E-state index contributed by atoms with van der Waals surface area (Å²) in [7, 11) is 4.57. The first kappa shape index (κ1) is 12.8. The number of carbonyl (C=O) groups excluding carboxylic acids is 1. The van der Waals surface area contributed by atoms with Gasteiger partial charge in [0.1, 0.15) is 0 Å². The maximum atomic E-state index is 13.2. The second kappa shape index (κ2) is 5.73. The molecule has 1 aromatic heterocycles. The van der Waals surface area contributed by atoms with E-state index in [1.165, 1.54) is 6.34 Å². The van der Waals surface area contributed by atoms with Gasteiger partial charge in [-0.25, -0.2) is 19.2 Å². The van der Waals surface area contributed by atoms with E-state index in [1.54, 1.807) is 19.0 Å². The van der Waals surface area contributed by atoms with E-state index in [0.29, 0.717) is 0 Å². The molecule has 0 saturated heterocycles. The van der Waals surface area contributed by atoms with Crippen LogP contribution in [0.25, 0.3) is 0 Å². The molecule has 0 radical (unpaired) electrons. The van der Waals surface area contributed by atoms with Crippen molar-refractivity contribution in [1.82, 2.24) is 14.9 Å². The zero-order valence-electron chi connectivity index (χ0n) is 9.55. The first-order chi connectivity index (χ1) is 8.02. The van der Waals surface area contributed by atoms with Crippen LogP contribution in [0.4, 0.5) is 15.0 Å². The van der Waals surface area contributed by atoms with Crippen molar-refractivity contribution >= 4 is 18.3 Å². The Labute approximate surface area is 96.9 Å². The zero-order valence-corrected chi connectivity index (χ0v) is 9.55. The SMILES string of the molecule is COC(=O)Oc1ncc(F)c(/N=C/N(C)C)n1. The summed E-state index contributed by atoms with van der Waals surface area (Å²) >= 11 is 0. The number of aliphatic imine (C=N–C) groups is 1. The van der Waals surface area contributed by atoms with Crippen molar-refractivity contribution in [1.29, 1.82) is 0 Å². The Balaban J connectivity index is 2.90. The van der Waals surface area contributed by atoms with Crippen molar-refractivity contribution < 1.29 is 18.7 Å². The molecule has 0 spiro atoms. The van der Waals surface area contributed by atoms with Crippen molar-refractivity contribution in [2.45, 2.75) is 0 Å². The molecule has 0 unspecified atom stereocenters. The highest BCUT2D eigenvalue weighted by molar-refractivity contribution is 5.62. The lowest BCUT2D eigenvalue weighted by molar-refractivity contribution is 0.117. The van der Waals surface area contributed by atoms with Gasteiger partial charge in [0.2, 0.25) is 0 Å². The van der Waals surface area contributed by atoms with E-state index in [4.69, 9.17) is 0 Å². The summed E-state index contributed by atoms with van der Waals surface area (Å²) in [6, 6.07) is -0.329. The zero-order chi connectivity index (χ0) is 12.8. The number of methoxy groups -OCH3 is 1. The molecule has 92 valence electrons. The Morgan fingerprint density at radius 1 is 1.59 bits per heavy atom. The molecule has 0 aliphatic carbocycles. The molecule has 1 aromatic rings. The fourth-order valence-electron chi connectivity index (χ4n) is 0.769. The molecule has 0 saturated carbocycles. The van der Waals surface area contributed by atoms with Gasteiger partial charge in [-0.1, -0.05) is 0 Å². The van der Waals surface area contributed by atoms with E-state index < -0.39 is 12.0 Å². The van der Waals surface area contributed by atoms with Crippen LogP contribution in [0.3, 0.4) is 0 Å². The number of nitrogens with zero attached hydrogens (tertiary/aromatic N) is 4. The molecular weight excluding hydrogens is 231 g/mol. The number of rotatable bonds is 3. The third-order valence-electron chi connectivity index (χ3n) is 1.46. The Morgan fingerprint density at radius 2 is 2.29 bits per heavy atom. The van der Waals surface area contributed by atoms with Crippen molar-refractivity contribution in [3.05, 3.63) is 12.0 Å². The summed E-state index contributed by atoms with van der Waals surface area (Å²) in [6.07, 6.45) is 1.22. The Morgan fingerprint density at radius 3 is 2.88 bits per heavy atom. The molecule has 0 aliphatic rings. The van der Waals surface area contributed by atoms with Crippen molar-refractivity contribution in [2.75, 3.05) is 21.2 Å². The van der Waals surface area contributed by atoms with Crippen molar-refractivity contribution in [3.63, 3.8) is 0 Å². The van der Waals surface area contributed by atoms with Gasteiger partial charge in [0.15, 0.2) is 11.6 Å². The van der Waals surface area contributed by atoms with Gasteiger partial charge in [0, 0.05) is 14.1 Å². The Bertz CT molecular complexity index is 436. The highest BCUT2D eigenvalue weighted by atomic mass is 19.1. The van der Waals surface area contributed by atoms with E-state index in [0.717, 1.165) is 13.3 Å². The first-order valence-corrected chi connectivity index (χ1v) is 4.52. The minimum absolute atomic E-state index is 0.229. The molecule has 0 aliphatic heterocycles. The molecule has 7 nitrogen and oxygen atoms in total. The molecule has 0 bridgehead atoms. The lowest BCUT2D eigenvalue weighted by atomic mass is 10.5. The number of hydrogen-bond acceptors (Lipinski definition) is 6. The van der Waals surface area contributed by atoms with Crippen LogP contribution in [0.5, 0.6) is 6.01 Å². The molecule has 0 aromatic carbocycles. The standard InChI is InChI=1S/C9H11FN4O3/c1-14(2)5-12-7-6(10)4-11-8(13-7)17-9(15)16-3/h4-5H,1-3H3/b12-5+. The largest absolute Gasteiger partial charge is 0.516 e. The highest BCUT2D eigenvalue weighted by Crippen LogP contribution is 2.16. The number of carbonyl (C=O) groups is 1. The van der Waals surface area contributed by atoms with Crippen LogP contribution >= 0.6 is 0 Å². The van der Waals surface area contributed by atoms with E-state index in [2.05, 4.69) is 24.4 Å². The van der Waals surface area contributed by atoms with Crippen LogP contribution in [0.1, 0.15) is 0 Å². The first-order valence-electron chi connectivity index (χ1n) is 4.52.